The molecule has 1 aliphatic heterocycles. The summed E-state index contributed by atoms with van der Waals surface area (Å²) in [6, 6.07) is 1.78. The van der Waals surface area contributed by atoms with Gasteiger partial charge in [-0.05, 0) is 32.1 Å². The lowest BCUT2D eigenvalue weighted by Gasteiger charge is -2.32. The molecular formula is C18H23N3O3S. The van der Waals surface area contributed by atoms with Gasteiger partial charge in [0.1, 0.15) is 6.04 Å². The van der Waals surface area contributed by atoms with E-state index in [4.69, 9.17) is 4.74 Å². The molecule has 4 rings (SSSR count). The Morgan fingerprint density at radius 3 is 3.00 bits per heavy atom. The normalized spacial score (nSPS) is 26.7. The fourth-order valence-electron chi connectivity index (χ4n) is 4.52. The summed E-state index contributed by atoms with van der Waals surface area (Å²) in [6.07, 6.45) is 5.58. The fourth-order valence-corrected chi connectivity index (χ4v) is 5.41. The largest absolute Gasteiger partial charge is 0.468 e. The van der Waals surface area contributed by atoms with E-state index in [1.54, 1.807) is 10.5 Å². The molecule has 25 heavy (non-hydrogen) atoms. The summed E-state index contributed by atoms with van der Waals surface area (Å²) < 4.78 is 6.68. The van der Waals surface area contributed by atoms with Crippen LogP contribution in [-0.2, 0) is 16.1 Å². The first-order chi connectivity index (χ1) is 12.1. The van der Waals surface area contributed by atoms with E-state index in [-0.39, 0.29) is 17.6 Å². The molecule has 3 atom stereocenters. The van der Waals surface area contributed by atoms with Crippen LogP contribution in [0.5, 0.6) is 0 Å². The molecule has 0 amide bonds. The Morgan fingerprint density at radius 1 is 1.40 bits per heavy atom. The Hall–Kier alpha value is -1.73. The highest BCUT2D eigenvalue weighted by molar-refractivity contribution is 7.15. The highest BCUT2D eigenvalue weighted by Crippen LogP contribution is 2.40. The molecule has 1 saturated heterocycles. The monoisotopic (exact) mass is 361 g/mol. The molecule has 0 radical (unpaired) electrons. The molecule has 7 heteroatoms. The van der Waals surface area contributed by atoms with Gasteiger partial charge in [0, 0.05) is 29.7 Å². The Balaban J connectivity index is 1.67. The molecular weight excluding hydrogens is 338 g/mol. The molecule has 2 aliphatic rings. The molecule has 134 valence electrons. The summed E-state index contributed by atoms with van der Waals surface area (Å²) in [6.45, 7) is 2.44. The van der Waals surface area contributed by atoms with Crippen LogP contribution >= 0.6 is 11.3 Å². The minimum atomic E-state index is -0.219. The Bertz CT molecular complexity index is 859. The second kappa shape index (κ2) is 6.53. The van der Waals surface area contributed by atoms with E-state index in [1.807, 2.05) is 12.3 Å². The zero-order valence-electron chi connectivity index (χ0n) is 14.6. The Morgan fingerprint density at radius 2 is 2.20 bits per heavy atom. The molecule has 0 spiro atoms. The van der Waals surface area contributed by atoms with Crippen molar-refractivity contribution < 1.29 is 9.53 Å². The van der Waals surface area contributed by atoms with Crippen LogP contribution in [-0.4, -0.2) is 39.4 Å². The molecule has 2 fully saturated rings. The average Bonchev–Trinajstić information content (AvgIpc) is 3.16. The first-order valence-corrected chi connectivity index (χ1v) is 9.77. The molecule has 0 unspecified atom stereocenters. The van der Waals surface area contributed by atoms with Crippen molar-refractivity contribution in [2.45, 2.75) is 57.7 Å². The van der Waals surface area contributed by atoms with E-state index >= 15 is 0 Å². The minimum absolute atomic E-state index is 0.0484. The van der Waals surface area contributed by atoms with E-state index < -0.39 is 0 Å². The van der Waals surface area contributed by atoms with Gasteiger partial charge in [-0.3, -0.25) is 18.9 Å². The zero-order valence-corrected chi connectivity index (χ0v) is 15.4. The number of fused-ring (bicyclic) bond motifs is 2. The van der Waals surface area contributed by atoms with Gasteiger partial charge in [-0.2, -0.15) is 0 Å². The Kier molecular flexibility index (Phi) is 4.37. The number of likely N-dealkylation sites (tertiary alicyclic amines) is 1. The molecule has 1 saturated carbocycles. The third-order valence-corrected chi connectivity index (χ3v) is 6.61. The third kappa shape index (κ3) is 2.89. The quantitative estimate of drug-likeness (QED) is 0.786. The number of hydrogen-bond donors (Lipinski definition) is 0. The predicted molar refractivity (Wildman–Crippen MR) is 95.8 cm³/mol. The van der Waals surface area contributed by atoms with E-state index in [0.29, 0.717) is 23.5 Å². The molecule has 3 heterocycles. The highest BCUT2D eigenvalue weighted by Gasteiger charge is 2.45. The van der Waals surface area contributed by atoms with Gasteiger partial charge in [0.05, 0.1) is 12.8 Å². The van der Waals surface area contributed by atoms with E-state index in [0.717, 1.165) is 24.2 Å². The van der Waals surface area contributed by atoms with Crippen LogP contribution in [0.25, 0.3) is 4.96 Å². The van der Waals surface area contributed by atoms with Crippen LogP contribution in [0.1, 0.15) is 43.5 Å². The fraction of sp³-hybridized carbons (Fsp3) is 0.611. The number of hydrogen-bond acceptors (Lipinski definition) is 6. The molecule has 0 aromatic carbocycles. The van der Waals surface area contributed by atoms with Crippen molar-refractivity contribution in [3.8, 4) is 0 Å². The van der Waals surface area contributed by atoms with E-state index in [1.165, 1.54) is 37.7 Å². The SMILES string of the molecule is COC(=O)[C@@H]1C[C@H]2CCCC[C@@H]2N1Cc1cc(=O)n2c(C)csc2n1. The van der Waals surface area contributed by atoms with E-state index in [9.17, 15) is 9.59 Å². The number of aromatic nitrogens is 2. The number of aryl methyl sites for hydroxylation is 1. The number of methoxy groups -OCH3 is 1. The van der Waals surface area contributed by atoms with Gasteiger partial charge >= 0.3 is 5.97 Å². The van der Waals surface area contributed by atoms with Crippen LogP contribution in [0.2, 0.25) is 0 Å². The van der Waals surface area contributed by atoms with Crippen molar-refractivity contribution in [3.63, 3.8) is 0 Å². The Labute approximate surface area is 150 Å². The first-order valence-electron chi connectivity index (χ1n) is 8.89. The molecule has 0 bridgehead atoms. The standard InChI is InChI=1S/C18H23N3O3S/c1-11-10-25-18-19-13(8-16(22)21(11)18)9-20-14-6-4-3-5-12(14)7-15(20)17(23)24-2/h8,10,12,14-15H,3-7,9H2,1-2H3/t12-,14+,15+/m1/s1. The van der Waals surface area contributed by atoms with Crippen LogP contribution in [0, 0.1) is 12.8 Å². The van der Waals surface area contributed by atoms with Crippen molar-refractivity contribution in [2.24, 2.45) is 5.92 Å². The lowest BCUT2D eigenvalue weighted by atomic mass is 9.85. The maximum absolute atomic E-state index is 12.4. The zero-order chi connectivity index (χ0) is 17.6. The minimum Gasteiger partial charge on any atom is -0.468 e. The van der Waals surface area contributed by atoms with Gasteiger partial charge < -0.3 is 4.74 Å². The number of nitrogens with zero attached hydrogens (tertiary/aromatic N) is 3. The summed E-state index contributed by atoms with van der Waals surface area (Å²) in [5, 5.41) is 1.94. The van der Waals surface area contributed by atoms with Crippen LogP contribution < -0.4 is 5.56 Å². The lowest BCUT2D eigenvalue weighted by Crippen LogP contribution is -2.42. The van der Waals surface area contributed by atoms with Crippen LogP contribution in [0.15, 0.2) is 16.2 Å². The maximum Gasteiger partial charge on any atom is 0.323 e. The van der Waals surface area contributed by atoms with Crippen LogP contribution in [0.4, 0.5) is 0 Å². The summed E-state index contributed by atoms with van der Waals surface area (Å²) in [5.41, 5.74) is 1.60. The van der Waals surface area contributed by atoms with Gasteiger partial charge in [0.15, 0.2) is 4.96 Å². The first kappa shape index (κ1) is 16.7. The highest BCUT2D eigenvalue weighted by atomic mass is 32.1. The predicted octanol–water partition coefficient (Wildman–Crippen LogP) is 2.37. The van der Waals surface area contributed by atoms with Gasteiger partial charge in [-0.15, -0.1) is 11.3 Å². The number of carbonyl (C=O) groups excluding carboxylic acids is 1. The van der Waals surface area contributed by atoms with Crippen molar-refractivity contribution >= 4 is 22.3 Å². The average molecular weight is 361 g/mol. The van der Waals surface area contributed by atoms with Crippen LogP contribution in [0.3, 0.4) is 0 Å². The van der Waals surface area contributed by atoms with Crippen molar-refractivity contribution in [2.75, 3.05) is 7.11 Å². The molecule has 1 aliphatic carbocycles. The van der Waals surface area contributed by atoms with E-state index in [2.05, 4.69) is 9.88 Å². The van der Waals surface area contributed by atoms with Crippen molar-refractivity contribution in [1.29, 1.82) is 0 Å². The van der Waals surface area contributed by atoms with Crippen molar-refractivity contribution in [1.82, 2.24) is 14.3 Å². The van der Waals surface area contributed by atoms with Gasteiger partial charge in [0.2, 0.25) is 0 Å². The molecule has 0 N–H and O–H groups in total. The number of rotatable bonds is 3. The second-order valence-corrected chi connectivity index (χ2v) is 7.98. The maximum atomic E-state index is 12.4. The summed E-state index contributed by atoms with van der Waals surface area (Å²) in [7, 11) is 1.45. The number of esters is 1. The number of thiazole rings is 1. The number of carbonyl (C=O) groups is 1. The van der Waals surface area contributed by atoms with Gasteiger partial charge in [-0.1, -0.05) is 12.8 Å². The second-order valence-electron chi connectivity index (χ2n) is 7.14. The molecule has 6 nitrogen and oxygen atoms in total. The topological polar surface area (TPSA) is 63.9 Å². The third-order valence-electron chi connectivity index (χ3n) is 5.67. The molecule has 2 aromatic heterocycles. The summed E-state index contributed by atoms with van der Waals surface area (Å²) in [5.74, 6) is 0.380. The summed E-state index contributed by atoms with van der Waals surface area (Å²) >= 11 is 1.48. The molecule has 2 aromatic rings. The smallest absolute Gasteiger partial charge is 0.323 e. The van der Waals surface area contributed by atoms with Crippen molar-refractivity contribution in [3.05, 3.63) is 33.2 Å². The van der Waals surface area contributed by atoms with Gasteiger partial charge in [0.25, 0.3) is 5.56 Å². The van der Waals surface area contributed by atoms with Gasteiger partial charge in [-0.25, -0.2) is 4.98 Å². The lowest BCUT2D eigenvalue weighted by molar-refractivity contribution is -0.146. The number of ether oxygens (including phenoxy) is 1. The summed E-state index contributed by atoms with van der Waals surface area (Å²) in [4.78, 5) is 32.3.